The molecule has 4 nitrogen and oxygen atoms in total. The fraction of sp³-hybridized carbons (Fsp3) is 0.944. The van der Waals surface area contributed by atoms with Gasteiger partial charge in [-0.15, -0.1) is 12.4 Å². The molecule has 23 heavy (non-hydrogen) atoms. The third kappa shape index (κ3) is 8.37. The molecule has 2 N–H and O–H groups in total. The molecule has 1 heterocycles. The summed E-state index contributed by atoms with van der Waals surface area (Å²) >= 11 is 0. The minimum Gasteiger partial charge on any atom is -0.481 e. The number of carboxylic acids is 1. The Hall–Kier alpha value is -0.320. The number of carbonyl (C=O) groups is 1. The van der Waals surface area contributed by atoms with E-state index in [-0.39, 0.29) is 24.4 Å². The number of aliphatic carboxylic acids is 1. The van der Waals surface area contributed by atoms with Crippen molar-refractivity contribution in [2.75, 3.05) is 19.6 Å². The summed E-state index contributed by atoms with van der Waals surface area (Å²) < 4.78 is 0. The highest BCUT2D eigenvalue weighted by Gasteiger charge is 2.39. The van der Waals surface area contributed by atoms with Crippen molar-refractivity contribution in [3.8, 4) is 0 Å². The summed E-state index contributed by atoms with van der Waals surface area (Å²) in [5.74, 6) is -0.144. The van der Waals surface area contributed by atoms with Crippen molar-refractivity contribution in [3.05, 3.63) is 0 Å². The first-order chi connectivity index (χ1) is 10.5. The van der Waals surface area contributed by atoms with Crippen LogP contribution in [0.4, 0.5) is 0 Å². The van der Waals surface area contributed by atoms with E-state index in [0.29, 0.717) is 5.92 Å². The average Bonchev–Trinajstić information content (AvgIpc) is 2.56. The number of nitrogens with zero attached hydrogens (tertiary/aromatic N) is 1. The molecule has 2 rings (SSSR count). The van der Waals surface area contributed by atoms with E-state index < -0.39 is 5.97 Å². The molecule has 0 amide bonds. The summed E-state index contributed by atoms with van der Waals surface area (Å²) in [5, 5.41) is 18.5. The maximum atomic E-state index is 10.8. The molecule has 1 saturated carbocycles. The van der Waals surface area contributed by atoms with Gasteiger partial charge in [0.05, 0.1) is 5.60 Å². The lowest BCUT2D eigenvalue weighted by Gasteiger charge is -2.44. The van der Waals surface area contributed by atoms with Crippen molar-refractivity contribution >= 4 is 18.4 Å². The highest BCUT2D eigenvalue weighted by Crippen LogP contribution is 2.38. The molecule has 0 aromatic heterocycles. The van der Waals surface area contributed by atoms with E-state index >= 15 is 0 Å². The van der Waals surface area contributed by atoms with Gasteiger partial charge in [0.25, 0.3) is 0 Å². The van der Waals surface area contributed by atoms with Crippen LogP contribution >= 0.6 is 12.4 Å². The van der Waals surface area contributed by atoms with Gasteiger partial charge < -0.3 is 15.1 Å². The van der Waals surface area contributed by atoms with E-state index in [1.807, 2.05) is 0 Å². The molecule has 1 saturated heterocycles. The smallest absolute Gasteiger partial charge is 0.303 e. The number of likely N-dealkylation sites (tertiary alicyclic amines) is 1. The molecule has 2 fully saturated rings. The quantitative estimate of drug-likeness (QED) is 0.784. The summed E-state index contributed by atoms with van der Waals surface area (Å²) in [7, 11) is 0. The van der Waals surface area contributed by atoms with E-state index in [0.717, 1.165) is 25.9 Å². The van der Waals surface area contributed by atoms with Gasteiger partial charge in [-0.2, -0.15) is 0 Å². The Balaban J connectivity index is 0.000000709. The molecule has 0 aromatic carbocycles. The van der Waals surface area contributed by atoms with Crippen LogP contribution in [0.15, 0.2) is 0 Å². The zero-order chi connectivity index (χ0) is 16.4. The van der Waals surface area contributed by atoms with Crippen molar-refractivity contribution in [3.63, 3.8) is 0 Å². The minimum absolute atomic E-state index is 0. The van der Waals surface area contributed by atoms with Gasteiger partial charge in [-0.25, -0.2) is 0 Å². The molecule has 1 aliphatic carbocycles. The Bertz CT molecular complexity index is 311. The van der Waals surface area contributed by atoms with Crippen molar-refractivity contribution in [2.24, 2.45) is 5.92 Å². The molecule has 1 aliphatic heterocycles. The lowest BCUT2D eigenvalue weighted by molar-refractivity contribution is -0.136. The number of unbranched alkanes of at least 4 members (excludes halogenated alkanes) is 1. The second kappa shape index (κ2) is 12.1. The third-order valence-corrected chi connectivity index (χ3v) is 5.22. The Labute approximate surface area is 148 Å². The highest BCUT2D eigenvalue weighted by atomic mass is 35.5. The predicted octanol–water partition coefficient (Wildman–Crippen LogP) is 4.10. The Morgan fingerprint density at radius 1 is 1.13 bits per heavy atom. The van der Waals surface area contributed by atoms with Crippen LogP contribution in [-0.2, 0) is 4.79 Å². The van der Waals surface area contributed by atoms with Crippen LogP contribution in [0.25, 0.3) is 0 Å². The van der Waals surface area contributed by atoms with E-state index in [1.54, 1.807) is 6.92 Å². The molecule has 0 radical (unpaired) electrons. The van der Waals surface area contributed by atoms with Crippen LogP contribution in [0.5, 0.6) is 0 Å². The van der Waals surface area contributed by atoms with Gasteiger partial charge in [-0.1, -0.05) is 39.5 Å². The topological polar surface area (TPSA) is 60.8 Å². The van der Waals surface area contributed by atoms with Gasteiger partial charge >= 0.3 is 5.97 Å². The number of rotatable bonds is 5. The molecule has 0 unspecified atom stereocenters. The SMILES string of the molecule is CCC(=O)O.CCCCN1CCC(O)(C2CCCCC2)CC1.Cl. The largest absolute Gasteiger partial charge is 0.481 e. The van der Waals surface area contributed by atoms with Gasteiger partial charge in [0.2, 0.25) is 0 Å². The minimum atomic E-state index is -0.745. The van der Waals surface area contributed by atoms with Crippen molar-refractivity contribution < 1.29 is 15.0 Å². The standard InChI is InChI=1S/C15H29NO.C3H6O2.ClH/c1-2-3-11-16-12-9-15(17,10-13-16)14-7-5-4-6-8-14;1-2-3(4)5;/h14,17H,2-13H2,1H3;2H2,1H3,(H,4,5);1H. The zero-order valence-corrected chi connectivity index (χ0v) is 15.7. The number of piperidine rings is 1. The molecule has 0 aromatic rings. The highest BCUT2D eigenvalue weighted by molar-refractivity contribution is 5.85. The maximum Gasteiger partial charge on any atom is 0.303 e. The van der Waals surface area contributed by atoms with E-state index in [4.69, 9.17) is 5.11 Å². The van der Waals surface area contributed by atoms with Crippen molar-refractivity contribution in [1.82, 2.24) is 4.90 Å². The normalized spacial score (nSPS) is 21.7. The Morgan fingerprint density at radius 3 is 2.09 bits per heavy atom. The van der Waals surface area contributed by atoms with E-state index in [1.165, 1.54) is 51.5 Å². The molecule has 138 valence electrons. The summed E-state index contributed by atoms with van der Waals surface area (Å²) in [5.41, 5.74) is -0.316. The second-order valence-electron chi connectivity index (χ2n) is 6.88. The summed E-state index contributed by atoms with van der Waals surface area (Å²) in [6, 6.07) is 0. The number of halogens is 1. The molecule has 5 heteroatoms. The van der Waals surface area contributed by atoms with E-state index in [2.05, 4.69) is 11.8 Å². The average molecular weight is 350 g/mol. The first-order valence-corrected chi connectivity index (χ1v) is 9.18. The molecular weight excluding hydrogens is 314 g/mol. The van der Waals surface area contributed by atoms with Crippen molar-refractivity contribution in [1.29, 1.82) is 0 Å². The van der Waals surface area contributed by atoms with Gasteiger partial charge in [0.15, 0.2) is 0 Å². The van der Waals surface area contributed by atoms with Crippen LogP contribution in [0.1, 0.15) is 78.1 Å². The zero-order valence-electron chi connectivity index (χ0n) is 14.9. The van der Waals surface area contributed by atoms with E-state index in [9.17, 15) is 9.90 Å². The first-order valence-electron chi connectivity index (χ1n) is 9.18. The summed E-state index contributed by atoms with van der Waals surface area (Å²) in [6.45, 7) is 7.32. The number of carboxylic acid groups (broad SMARTS) is 1. The number of hydrogen-bond donors (Lipinski definition) is 2. The van der Waals surface area contributed by atoms with Crippen LogP contribution in [0, 0.1) is 5.92 Å². The molecule has 0 spiro atoms. The first kappa shape index (κ1) is 22.7. The Kier molecular flexibility index (Phi) is 11.9. The second-order valence-corrected chi connectivity index (χ2v) is 6.88. The summed E-state index contributed by atoms with van der Waals surface area (Å²) in [4.78, 5) is 11.9. The molecule has 0 bridgehead atoms. The van der Waals surface area contributed by atoms with Gasteiger partial charge in [0.1, 0.15) is 0 Å². The lowest BCUT2D eigenvalue weighted by Crippen LogP contribution is -2.49. The van der Waals surface area contributed by atoms with Crippen LogP contribution < -0.4 is 0 Å². The van der Waals surface area contributed by atoms with Crippen LogP contribution in [-0.4, -0.2) is 46.3 Å². The number of aliphatic hydroxyl groups is 1. The van der Waals surface area contributed by atoms with Crippen molar-refractivity contribution in [2.45, 2.75) is 83.7 Å². The summed E-state index contributed by atoms with van der Waals surface area (Å²) in [6.07, 6.45) is 11.4. The van der Waals surface area contributed by atoms with Crippen LogP contribution in [0.3, 0.4) is 0 Å². The fourth-order valence-corrected chi connectivity index (χ4v) is 3.59. The van der Waals surface area contributed by atoms with Gasteiger partial charge in [0, 0.05) is 19.5 Å². The van der Waals surface area contributed by atoms with Gasteiger partial charge in [-0.3, -0.25) is 4.79 Å². The van der Waals surface area contributed by atoms with Crippen LogP contribution in [0.2, 0.25) is 0 Å². The maximum absolute atomic E-state index is 10.8. The molecule has 0 atom stereocenters. The monoisotopic (exact) mass is 349 g/mol. The number of hydrogen-bond acceptors (Lipinski definition) is 3. The molecule has 2 aliphatic rings. The lowest BCUT2D eigenvalue weighted by atomic mass is 9.72. The fourth-order valence-electron chi connectivity index (χ4n) is 3.59. The third-order valence-electron chi connectivity index (χ3n) is 5.22. The predicted molar refractivity (Wildman–Crippen MR) is 97.3 cm³/mol. The Morgan fingerprint density at radius 2 is 1.65 bits per heavy atom. The molecular formula is C18H36ClNO3. The van der Waals surface area contributed by atoms with Gasteiger partial charge in [-0.05, 0) is 44.6 Å².